The van der Waals surface area contributed by atoms with Crippen LogP contribution in [0.4, 0.5) is 5.82 Å². The van der Waals surface area contributed by atoms with Crippen molar-refractivity contribution in [2.24, 2.45) is 0 Å². The molecule has 0 bridgehead atoms. The summed E-state index contributed by atoms with van der Waals surface area (Å²) < 4.78 is 2.04. The minimum absolute atomic E-state index is 0.651. The SMILES string of the molecule is N#Cc1cc(NCCCn2ccnc2)nc2ccccc12. The molecule has 21 heavy (non-hydrogen) atoms. The second-order valence-corrected chi connectivity index (χ2v) is 4.76. The lowest BCUT2D eigenvalue weighted by atomic mass is 10.1. The molecular formula is C16H15N5. The van der Waals surface area contributed by atoms with Crippen molar-refractivity contribution in [1.82, 2.24) is 14.5 Å². The number of para-hydroxylation sites is 1. The fraction of sp³-hybridized carbons (Fsp3) is 0.188. The van der Waals surface area contributed by atoms with Gasteiger partial charge in [0.05, 0.1) is 23.5 Å². The van der Waals surface area contributed by atoms with Crippen LogP contribution >= 0.6 is 0 Å². The highest BCUT2D eigenvalue weighted by Gasteiger charge is 2.04. The van der Waals surface area contributed by atoms with Crippen molar-refractivity contribution in [2.75, 3.05) is 11.9 Å². The molecular weight excluding hydrogens is 262 g/mol. The Hall–Kier alpha value is -2.87. The van der Waals surface area contributed by atoms with E-state index >= 15 is 0 Å². The average Bonchev–Trinajstić information content (AvgIpc) is 3.04. The van der Waals surface area contributed by atoms with Crippen molar-refractivity contribution in [3.63, 3.8) is 0 Å². The molecule has 0 radical (unpaired) electrons. The Bertz CT molecular complexity index is 771. The molecule has 1 N–H and O–H groups in total. The largest absolute Gasteiger partial charge is 0.370 e. The predicted octanol–water partition coefficient (Wildman–Crippen LogP) is 2.81. The number of hydrogen-bond acceptors (Lipinski definition) is 4. The van der Waals surface area contributed by atoms with E-state index in [0.717, 1.165) is 36.2 Å². The number of imidazole rings is 1. The molecule has 1 aromatic carbocycles. The summed E-state index contributed by atoms with van der Waals surface area (Å²) in [6.45, 7) is 1.71. The first kappa shape index (κ1) is 13.1. The fourth-order valence-corrected chi connectivity index (χ4v) is 2.26. The molecule has 0 saturated carbocycles. The molecule has 0 saturated heterocycles. The van der Waals surface area contributed by atoms with Crippen LogP contribution in [0.1, 0.15) is 12.0 Å². The van der Waals surface area contributed by atoms with Gasteiger partial charge in [-0.1, -0.05) is 18.2 Å². The van der Waals surface area contributed by atoms with Gasteiger partial charge in [0.2, 0.25) is 0 Å². The number of aromatic nitrogens is 3. The van der Waals surface area contributed by atoms with E-state index < -0.39 is 0 Å². The summed E-state index contributed by atoms with van der Waals surface area (Å²) >= 11 is 0. The highest BCUT2D eigenvalue weighted by atomic mass is 15.0. The minimum atomic E-state index is 0.651. The summed E-state index contributed by atoms with van der Waals surface area (Å²) in [5.41, 5.74) is 1.49. The van der Waals surface area contributed by atoms with Gasteiger partial charge in [-0.25, -0.2) is 9.97 Å². The van der Waals surface area contributed by atoms with Gasteiger partial charge in [-0.05, 0) is 18.6 Å². The molecule has 104 valence electrons. The number of pyridine rings is 1. The van der Waals surface area contributed by atoms with E-state index in [9.17, 15) is 5.26 Å². The molecule has 5 heteroatoms. The maximum Gasteiger partial charge on any atom is 0.127 e. The number of nitrogens with zero attached hydrogens (tertiary/aromatic N) is 4. The van der Waals surface area contributed by atoms with Gasteiger partial charge in [0.1, 0.15) is 5.82 Å². The van der Waals surface area contributed by atoms with Gasteiger partial charge in [0.15, 0.2) is 0 Å². The van der Waals surface area contributed by atoms with Crippen LogP contribution in [0, 0.1) is 11.3 Å². The molecule has 0 amide bonds. The van der Waals surface area contributed by atoms with Crippen LogP contribution in [-0.4, -0.2) is 21.1 Å². The van der Waals surface area contributed by atoms with E-state index in [0.29, 0.717) is 5.56 Å². The fourth-order valence-electron chi connectivity index (χ4n) is 2.26. The summed E-state index contributed by atoms with van der Waals surface area (Å²) in [4.78, 5) is 8.55. The zero-order valence-corrected chi connectivity index (χ0v) is 11.5. The van der Waals surface area contributed by atoms with Crippen LogP contribution in [0.5, 0.6) is 0 Å². The lowest BCUT2D eigenvalue weighted by molar-refractivity contribution is 0.660. The average molecular weight is 277 g/mol. The van der Waals surface area contributed by atoms with E-state index in [1.165, 1.54) is 0 Å². The van der Waals surface area contributed by atoms with Gasteiger partial charge in [-0.15, -0.1) is 0 Å². The third-order valence-corrected chi connectivity index (χ3v) is 3.30. The van der Waals surface area contributed by atoms with Crippen molar-refractivity contribution in [1.29, 1.82) is 5.26 Å². The maximum atomic E-state index is 9.24. The molecule has 3 aromatic rings. The Labute approximate surface area is 122 Å². The van der Waals surface area contributed by atoms with Crippen LogP contribution in [-0.2, 0) is 6.54 Å². The molecule has 2 heterocycles. The second kappa shape index (κ2) is 6.06. The number of nitrogens with one attached hydrogen (secondary N) is 1. The van der Waals surface area contributed by atoms with E-state index in [1.807, 2.05) is 41.4 Å². The standard InChI is InChI=1S/C16H15N5/c17-11-13-10-16(20-15-5-2-1-4-14(13)15)19-6-3-8-21-9-7-18-12-21/h1-2,4-5,7,9-10,12H,3,6,8H2,(H,19,20). The zero-order valence-electron chi connectivity index (χ0n) is 11.5. The van der Waals surface area contributed by atoms with Crippen molar-refractivity contribution < 1.29 is 0 Å². The number of rotatable bonds is 5. The quantitative estimate of drug-likeness (QED) is 0.728. The normalized spacial score (nSPS) is 10.4. The Morgan fingerprint density at radius 2 is 2.19 bits per heavy atom. The molecule has 3 rings (SSSR count). The van der Waals surface area contributed by atoms with Crippen LogP contribution in [0.25, 0.3) is 10.9 Å². The van der Waals surface area contributed by atoms with E-state index in [2.05, 4.69) is 21.4 Å². The number of benzene rings is 1. The Balaban J connectivity index is 1.68. The van der Waals surface area contributed by atoms with Crippen LogP contribution in [0.3, 0.4) is 0 Å². The van der Waals surface area contributed by atoms with Crippen LogP contribution in [0.15, 0.2) is 49.1 Å². The van der Waals surface area contributed by atoms with Gasteiger partial charge in [-0.2, -0.15) is 5.26 Å². The summed E-state index contributed by atoms with van der Waals surface area (Å²) in [5, 5.41) is 13.4. The van der Waals surface area contributed by atoms with Crippen molar-refractivity contribution in [3.05, 3.63) is 54.6 Å². The monoisotopic (exact) mass is 277 g/mol. The Morgan fingerprint density at radius 3 is 3.00 bits per heavy atom. The highest BCUT2D eigenvalue weighted by molar-refractivity contribution is 5.86. The molecule has 5 nitrogen and oxygen atoms in total. The van der Waals surface area contributed by atoms with Crippen molar-refractivity contribution in [3.8, 4) is 6.07 Å². The van der Waals surface area contributed by atoms with Gasteiger partial charge >= 0.3 is 0 Å². The molecule has 2 aromatic heterocycles. The van der Waals surface area contributed by atoms with Crippen molar-refractivity contribution >= 4 is 16.7 Å². The smallest absolute Gasteiger partial charge is 0.127 e. The van der Waals surface area contributed by atoms with Gasteiger partial charge in [0.25, 0.3) is 0 Å². The van der Waals surface area contributed by atoms with E-state index in [1.54, 1.807) is 12.3 Å². The minimum Gasteiger partial charge on any atom is -0.370 e. The van der Waals surface area contributed by atoms with Gasteiger partial charge < -0.3 is 9.88 Å². The highest BCUT2D eigenvalue weighted by Crippen LogP contribution is 2.19. The van der Waals surface area contributed by atoms with Gasteiger partial charge in [-0.3, -0.25) is 0 Å². The summed E-state index contributed by atoms with van der Waals surface area (Å²) in [6.07, 6.45) is 6.49. The summed E-state index contributed by atoms with van der Waals surface area (Å²) in [6, 6.07) is 11.7. The van der Waals surface area contributed by atoms with Crippen LogP contribution < -0.4 is 5.32 Å². The Kier molecular flexibility index (Phi) is 3.79. The topological polar surface area (TPSA) is 66.5 Å². The number of aryl methyl sites for hydroxylation is 1. The predicted molar refractivity (Wildman–Crippen MR) is 81.8 cm³/mol. The maximum absolute atomic E-state index is 9.24. The number of fused-ring (bicyclic) bond motifs is 1. The number of hydrogen-bond donors (Lipinski definition) is 1. The molecule has 0 aliphatic rings. The zero-order chi connectivity index (χ0) is 14.5. The van der Waals surface area contributed by atoms with Gasteiger partial charge in [0, 0.05) is 30.9 Å². The van der Waals surface area contributed by atoms with E-state index in [-0.39, 0.29) is 0 Å². The second-order valence-electron chi connectivity index (χ2n) is 4.76. The third kappa shape index (κ3) is 3.00. The van der Waals surface area contributed by atoms with Crippen LogP contribution in [0.2, 0.25) is 0 Å². The lowest BCUT2D eigenvalue weighted by Gasteiger charge is -2.08. The van der Waals surface area contributed by atoms with Crippen molar-refractivity contribution in [2.45, 2.75) is 13.0 Å². The number of anilines is 1. The summed E-state index contributed by atoms with van der Waals surface area (Å²) in [7, 11) is 0. The first-order valence-corrected chi connectivity index (χ1v) is 6.86. The molecule has 0 aliphatic heterocycles. The Morgan fingerprint density at radius 1 is 1.29 bits per heavy atom. The lowest BCUT2D eigenvalue weighted by Crippen LogP contribution is -2.07. The third-order valence-electron chi connectivity index (χ3n) is 3.30. The first-order chi connectivity index (χ1) is 10.4. The molecule has 0 aliphatic carbocycles. The van der Waals surface area contributed by atoms with E-state index in [4.69, 9.17) is 0 Å². The molecule has 0 fully saturated rings. The molecule has 0 atom stereocenters. The molecule has 0 spiro atoms. The first-order valence-electron chi connectivity index (χ1n) is 6.86. The summed E-state index contributed by atoms with van der Waals surface area (Å²) in [5.74, 6) is 0.746. The number of nitriles is 1. The molecule has 0 unspecified atom stereocenters.